The Labute approximate surface area is 152 Å². The van der Waals surface area contributed by atoms with Crippen molar-refractivity contribution in [1.82, 2.24) is 10.2 Å². The lowest BCUT2D eigenvalue weighted by Gasteiger charge is -2.28. The maximum Gasteiger partial charge on any atom is 0.242 e. The second-order valence-corrected chi connectivity index (χ2v) is 5.96. The summed E-state index contributed by atoms with van der Waals surface area (Å²) in [6.45, 7) is 1.90. The summed E-state index contributed by atoms with van der Waals surface area (Å²) < 4.78 is 18.2. The van der Waals surface area contributed by atoms with Crippen molar-refractivity contribution in [3.63, 3.8) is 0 Å². The Morgan fingerprint density at radius 2 is 1.65 bits per heavy atom. The fourth-order valence-electron chi connectivity index (χ4n) is 2.60. The second kappa shape index (κ2) is 8.99. The molecule has 0 aliphatic heterocycles. The molecule has 2 amide bonds. The number of carbonyl (C=O) groups is 2. The summed E-state index contributed by atoms with van der Waals surface area (Å²) in [4.78, 5) is 26.4. The molecule has 2 aromatic carbocycles. The molecule has 0 saturated heterocycles. The maximum atomic E-state index is 13.1. The number of hydrogen-bond acceptors (Lipinski definition) is 3. The Kier molecular flexibility index (Phi) is 6.72. The van der Waals surface area contributed by atoms with Gasteiger partial charge in [-0.05, 0) is 42.3 Å². The lowest BCUT2D eigenvalue weighted by Crippen LogP contribution is -2.47. The zero-order valence-corrected chi connectivity index (χ0v) is 15.2. The summed E-state index contributed by atoms with van der Waals surface area (Å²) in [5.74, 6) is -0.0712. The van der Waals surface area contributed by atoms with Crippen LogP contribution in [-0.2, 0) is 22.6 Å². The van der Waals surface area contributed by atoms with Crippen molar-refractivity contribution in [2.45, 2.75) is 25.9 Å². The summed E-state index contributed by atoms with van der Waals surface area (Å²) in [5, 5.41) is 2.56. The fourth-order valence-corrected chi connectivity index (χ4v) is 2.60. The molecule has 6 heteroatoms. The van der Waals surface area contributed by atoms with E-state index in [1.165, 1.54) is 24.1 Å². The minimum Gasteiger partial charge on any atom is -0.497 e. The monoisotopic (exact) mass is 358 g/mol. The van der Waals surface area contributed by atoms with E-state index in [1.54, 1.807) is 38.3 Å². The number of likely N-dealkylation sites (N-methyl/N-ethyl adjacent to an activating group) is 1. The lowest BCUT2D eigenvalue weighted by molar-refractivity contribution is -0.139. The summed E-state index contributed by atoms with van der Waals surface area (Å²) in [6.07, 6.45) is 0.159. The molecule has 138 valence electrons. The Hall–Kier alpha value is -2.89. The van der Waals surface area contributed by atoms with Gasteiger partial charge in [-0.2, -0.15) is 0 Å². The zero-order valence-electron chi connectivity index (χ0n) is 15.2. The van der Waals surface area contributed by atoms with Gasteiger partial charge in [-0.25, -0.2) is 4.39 Å². The van der Waals surface area contributed by atoms with Crippen LogP contribution in [0.4, 0.5) is 4.39 Å². The van der Waals surface area contributed by atoms with Crippen molar-refractivity contribution in [3.8, 4) is 5.75 Å². The molecule has 0 aromatic heterocycles. The molecule has 0 aliphatic rings. The molecule has 0 aliphatic carbocycles. The van der Waals surface area contributed by atoms with Gasteiger partial charge in [0.1, 0.15) is 17.6 Å². The van der Waals surface area contributed by atoms with E-state index >= 15 is 0 Å². The predicted octanol–water partition coefficient (Wildman–Crippen LogP) is 2.54. The minimum atomic E-state index is -0.643. The van der Waals surface area contributed by atoms with Crippen LogP contribution in [0.2, 0.25) is 0 Å². The van der Waals surface area contributed by atoms with Crippen LogP contribution in [0.3, 0.4) is 0 Å². The molecule has 0 radical (unpaired) electrons. The highest BCUT2D eigenvalue weighted by atomic mass is 19.1. The van der Waals surface area contributed by atoms with Gasteiger partial charge in [-0.15, -0.1) is 0 Å². The number of amides is 2. The number of ether oxygens (including phenoxy) is 1. The summed E-state index contributed by atoms with van der Waals surface area (Å²) in [7, 11) is 3.11. The third-order valence-corrected chi connectivity index (χ3v) is 4.19. The van der Waals surface area contributed by atoms with Crippen molar-refractivity contribution in [3.05, 3.63) is 65.5 Å². The van der Waals surface area contributed by atoms with Gasteiger partial charge in [-0.3, -0.25) is 9.59 Å². The van der Waals surface area contributed by atoms with Gasteiger partial charge >= 0.3 is 0 Å². The Balaban J connectivity index is 2.18. The van der Waals surface area contributed by atoms with Crippen molar-refractivity contribution < 1.29 is 18.7 Å². The average Bonchev–Trinajstić information content (AvgIpc) is 2.66. The number of nitrogens with zero attached hydrogens (tertiary/aromatic N) is 1. The van der Waals surface area contributed by atoms with E-state index in [0.29, 0.717) is 5.75 Å². The van der Waals surface area contributed by atoms with Crippen molar-refractivity contribution in [2.75, 3.05) is 14.2 Å². The van der Waals surface area contributed by atoms with Gasteiger partial charge in [0, 0.05) is 13.6 Å². The van der Waals surface area contributed by atoms with Crippen LogP contribution >= 0.6 is 0 Å². The molecule has 1 atom stereocenters. The minimum absolute atomic E-state index is 0.159. The van der Waals surface area contributed by atoms with Crippen LogP contribution in [0.5, 0.6) is 5.75 Å². The SMILES string of the molecule is CNC(=O)[C@@H](C)N(Cc1ccc(F)cc1)C(=O)Cc1ccc(OC)cc1. The van der Waals surface area contributed by atoms with Crippen molar-refractivity contribution >= 4 is 11.8 Å². The molecular formula is C20H23FN2O3. The highest BCUT2D eigenvalue weighted by Crippen LogP contribution is 2.15. The topological polar surface area (TPSA) is 58.6 Å². The van der Waals surface area contributed by atoms with E-state index in [4.69, 9.17) is 4.74 Å². The predicted molar refractivity (Wildman–Crippen MR) is 97.2 cm³/mol. The Morgan fingerprint density at radius 1 is 1.08 bits per heavy atom. The van der Waals surface area contributed by atoms with E-state index in [-0.39, 0.29) is 30.6 Å². The smallest absolute Gasteiger partial charge is 0.242 e. The van der Waals surface area contributed by atoms with Crippen LogP contribution in [0.15, 0.2) is 48.5 Å². The summed E-state index contributed by atoms with van der Waals surface area (Å²) >= 11 is 0. The molecule has 5 nitrogen and oxygen atoms in total. The molecule has 0 saturated carbocycles. The number of nitrogens with one attached hydrogen (secondary N) is 1. The van der Waals surface area contributed by atoms with Crippen molar-refractivity contribution in [2.24, 2.45) is 0 Å². The molecule has 26 heavy (non-hydrogen) atoms. The van der Waals surface area contributed by atoms with E-state index in [2.05, 4.69) is 5.32 Å². The number of benzene rings is 2. The first-order chi connectivity index (χ1) is 12.4. The highest BCUT2D eigenvalue weighted by molar-refractivity contribution is 5.88. The number of methoxy groups -OCH3 is 1. The molecule has 0 heterocycles. The van der Waals surface area contributed by atoms with Gasteiger partial charge < -0.3 is 15.0 Å². The molecule has 0 spiro atoms. The number of rotatable bonds is 7. The molecule has 0 unspecified atom stereocenters. The van der Waals surface area contributed by atoms with Crippen LogP contribution in [0.25, 0.3) is 0 Å². The third kappa shape index (κ3) is 5.05. The average molecular weight is 358 g/mol. The zero-order chi connectivity index (χ0) is 19.1. The number of halogens is 1. The van der Waals surface area contributed by atoms with Gasteiger partial charge in [-0.1, -0.05) is 24.3 Å². The number of hydrogen-bond donors (Lipinski definition) is 1. The van der Waals surface area contributed by atoms with Gasteiger partial charge in [0.25, 0.3) is 0 Å². The fraction of sp³-hybridized carbons (Fsp3) is 0.300. The van der Waals surface area contributed by atoms with Crippen LogP contribution in [0, 0.1) is 5.82 Å². The Morgan fingerprint density at radius 3 is 2.19 bits per heavy atom. The van der Waals surface area contributed by atoms with E-state index in [1.807, 2.05) is 12.1 Å². The van der Waals surface area contributed by atoms with Crippen LogP contribution in [0.1, 0.15) is 18.1 Å². The molecule has 0 fully saturated rings. The summed E-state index contributed by atoms with van der Waals surface area (Å²) in [6, 6.07) is 12.5. The molecule has 2 aromatic rings. The first kappa shape index (κ1) is 19.4. The van der Waals surface area contributed by atoms with E-state index in [0.717, 1.165) is 11.1 Å². The number of carbonyl (C=O) groups excluding carboxylic acids is 2. The van der Waals surface area contributed by atoms with Gasteiger partial charge in [0.15, 0.2) is 0 Å². The normalized spacial score (nSPS) is 11.5. The quantitative estimate of drug-likeness (QED) is 0.827. The molecule has 0 bridgehead atoms. The highest BCUT2D eigenvalue weighted by Gasteiger charge is 2.25. The first-order valence-corrected chi connectivity index (χ1v) is 8.33. The summed E-state index contributed by atoms with van der Waals surface area (Å²) in [5.41, 5.74) is 1.58. The molecular weight excluding hydrogens is 335 g/mol. The third-order valence-electron chi connectivity index (χ3n) is 4.19. The van der Waals surface area contributed by atoms with E-state index in [9.17, 15) is 14.0 Å². The van der Waals surface area contributed by atoms with Crippen LogP contribution < -0.4 is 10.1 Å². The molecule has 1 N–H and O–H groups in total. The van der Waals surface area contributed by atoms with Gasteiger partial charge in [0.2, 0.25) is 11.8 Å². The standard InChI is InChI=1S/C20H23FN2O3/c1-14(20(25)22-2)23(13-16-4-8-17(21)9-5-16)19(24)12-15-6-10-18(26-3)11-7-15/h4-11,14H,12-13H2,1-3H3,(H,22,25)/t14-/m1/s1. The van der Waals surface area contributed by atoms with Crippen molar-refractivity contribution in [1.29, 1.82) is 0 Å². The molecule has 2 rings (SSSR count). The Bertz CT molecular complexity index is 745. The van der Waals surface area contributed by atoms with Crippen LogP contribution in [-0.4, -0.2) is 36.9 Å². The lowest BCUT2D eigenvalue weighted by atomic mass is 10.1. The largest absolute Gasteiger partial charge is 0.497 e. The van der Waals surface area contributed by atoms with E-state index < -0.39 is 6.04 Å². The maximum absolute atomic E-state index is 13.1. The van der Waals surface area contributed by atoms with Gasteiger partial charge in [0.05, 0.1) is 13.5 Å². The first-order valence-electron chi connectivity index (χ1n) is 8.33. The second-order valence-electron chi connectivity index (χ2n) is 5.96.